The zero-order valence-corrected chi connectivity index (χ0v) is 15.2. The number of esters is 2. The van der Waals surface area contributed by atoms with Gasteiger partial charge in [-0.1, -0.05) is 44.0 Å². The summed E-state index contributed by atoms with van der Waals surface area (Å²) >= 11 is 0. The van der Waals surface area contributed by atoms with Crippen LogP contribution in [0.5, 0.6) is 0 Å². The van der Waals surface area contributed by atoms with Gasteiger partial charge in [0.05, 0.1) is 13.2 Å². The van der Waals surface area contributed by atoms with Gasteiger partial charge in [-0.25, -0.2) is 0 Å². The zero-order valence-electron chi connectivity index (χ0n) is 15.2. The summed E-state index contributed by atoms with van der Waals surface area (Å²) in [5, 5.41) is 0. The smallest absolute Gasteiger partial charge is 0.320 e. The van der Waals surface area contributed by atoms with E-state index in [1.54, 1.807) is 13.8 Å². The van der Waals surface area contributed by atoms with Crippen LogP contribution in [0.2, 0.25) is 0 Å². The van der Waals surface area contributed by atoms with Crippen molar-refractivity contribution >= 4 is 11.9 Å². The standard InChI is InChI=1S/C20H30O4/c1-4-9-16-12-14-17(15-13-16)10-7-8-11-18(19(21)23-5-2)20(22)24-6-3/h12-15,18H,4-11H2,1-3H3. The topological polar surface area (TPSA) is 52.6 Å². The number of rotatable bonds is 11. The van der Waals surface area contributed by atoms with E-state index in [4.69, 9.17) is 9.47 Å². The summed E-state index contributed by atoms with van der Waals surface area (Å²) in [7, 11) is 0. The van der Waals surface area contributed by atoms with Gasteiger partial charge in [0.1, 0.15) is 0 Å². The number of hydrogen-bond acceptors (Lipinski definition) is 4. The van der Waals surface area contributed by atoms with Crippen LogP contribution in [0.15, 0.2) is 24.3 Å². The monoisotopic (exact) mass is 334 g/mol. The maximum absolute atomic E-state index is 11.9. The Hall–Kier alpha value is -1.84. The molecule has 0 bridgehead atoms. The molecule has 134 valence electrons. The van der Waals surface area contributed by atoms with Gasteiger partial charge < -0.3 is 9.47 Å². The van der Waals surface area contributed by atoms with Crippen molar-refractivity contribution in [1.82, 2.24) is 0 Å². The molecule has 0 saturated carbocycles. The highest BCUT2D eigenvalue weighted by molar-refractivity contribution is 5.94. The van der Waals surface area contributed by atoms with Gasteiger partial charge in [0.15, 0.2) is 5.92 Å². The minimum absolute atomic E-state index is 0.277. The van der Waals surface area contributed by atoms with Crippen molar-refractivity contribution in [2.24, 2.45) is 5.92 Å². The molecule has 0 unspecified atom stereocenters. The fourth-order valence-electron chi connectivity index (χ4n) is 2.66. The lowest BCUT2D eigenvalue weighted by atomic mass is 9.99. The van der Waals surface area contributed by atoms with Crippen molar-refractivity contribution < 1.29 is 19.1 Å². The summed E-state index contributed by atoms with van der Waals surface area (Å²) in [5.41, 5.74) is 2.66. The highest BCUT2D eigenvalue weighted by Gasteiger charge is 2.28. The minimum Gasteiger partial charge on any atom is -0.465 e. The van der Waals surface area contributed by atoms with E-state index in [2.05, 4.69) is 31.2 Å². The van der Waals surface area contributed by atoms with Crippen molar-refractivity contribution in [3.63, 3.8) is 0 Å². The Morgan fingerprint density at radius 2 is 1.33 bits per heavy atom. The molecule has 1 aromatic rings. The molecule has 1 aromatic carbocycles. The maximum atomic E-state index is 11.9. The fraction of sp³-hybridized carbons (Fsp3) is 0.600. The molecule has 0 atom stereocenters. The van der Waals surface area contributed by atoms with E-state index in [9.17, 15) is 9.59 Å². The fourth-order valence-corrected chi connectivity index (χ4v) is 2.66. The van der Waals surface area contributed by atoms with E-state index in [-0.39, 0.29) is 13.2 Å². The quantitative estimate of drug-likeness (QED) is 0.347. The SMILES string of the molecule is CCCc1ccc(CCCCC(C(=O)OCC)C(=O)OCC)cc1. The first-order valence-electron chi connectivity index (χ1n) is 9.03. The largest absolute Gasteiger partial charge is 0.465 e. The first-order chi connectivity index (χ1) is 11.6. The average Bonchev–Trinajstić information content (AvgIpc) is 2.57. The van der Waals surface area contributed by atoms with Gasteiger partial charge in [-0.05, 0) is 50.7 Å². The molecule has 0 aliphatic rings. The third-order valence-corrected chi connectivity index (χ3v) is 3.91. The molecule has 0 aliphatic carbocycles. The third-order valence-electron chi connectivity index (χ3n) is 3.91. The molecule has 0 spiro atoms. The lowest BCUT2D eigenvalue weighted by molar-refractivity contribution is -0.161. The Morgan fingerprint density at radius 3 is 1.79 bits per heavy atom. The first-order valence-corrected chi connectivity index (χ1v) is 9.03. The van der Waals surface area contributed by atoms with Crippen molar-refractivity contribution in [1.29, 1.82) is 0 Å². The lowest BCUT2D eigenvalue weighted by Gasteiger charge is -2.14. The van der Waals surface area contributed by atoms with Crippen LogP contribution in [-0.2, 0) is 31.9 Å². The van der Waals surface area contributed by atoms with Gasteiger partial charge in [0.2, 0.25) is 0 Å². The number of unbranched alkanes of at least 4 members (excludes halogenated alkanes) is 1. The number of ether oxygens (including phenoxy) is 2. The third kappa shape index (κ3) is 7.16. The Kier molecular flexibility index (Phi) is 9.81. The number of hydrogen-bond donors (Lipinski definition) is 0. The number of benzene rings is 1. The summed E-state index contributed by atoms with van der Waals surface area (Å²) in [6.07, 6.45) is 5.42. The van der Waals surface area contributed by atoms with E-state index >= 15 is 0 Å². The highest BCUT2D eigenvalue weighted by atomic mass is 16.6. The van der Waals surface area contributed by atoms with Crippen molar-refractivity contribution in [2.45, 2.75) is 59.3 Å². The van der Waals surface area contributed by atoms with E-state index in [0.717, 1.165) is 32.1 Å². The van der Waals surface area contributed by atoms with Gasteiger partial charge in [-0.15, -0.1) is 0 Å². The second-order valence-electron chi connectivity index (χ2n) is 5.87. The summed E-state index contributed by atoms with van der Waals surface area (Å²) in [6.45, 7) is 6.21. The molecule has 4 nitrogen and oxygen atoms in total. The molecule has 0 aliphatic heterocycles. The van der Waals surface area contributed by atoms with Crippen molar-refractivity contribution in [3.05, 3.63) is 35.4 Å². The molecule has 0 N–H and O–H groups in total. The summed E-state index contributed by atoms with van der Waals surface area (Å²) < 4.78 is 9.97. The number of aryl methyl sites for hydroxylation is 2. The van der Waals surface area contributed by atoms with E-state index in [1.165, 1.54) is 11.1 Å². The predicted octanol–water partition coefficient (Wildman–Crippen LogP) is 4.09. The maximum Gasteiger partial charge on any atom is 0.320 e. The van der Waals surface area contributed by atoms with Gasteiger partial charge in [-0.2, -0.15) is 0 Å². The molecule has 0 saturated heterocycles. The normalized spacial score (nSPS) is 10.7. The van der Waals surface area contributed by atoms with E-state index in [0.29, 0.717) is 6.42 Å². The molecule has 0 heterocycles. The van der Waals surface area contributed by atoms with Gasteiger partial charge in [-0.3, -0.25) is 9.59 Å². The summed E-state index contributed by atoms with van der Waals surface area (Å²) in [6, 6.07) is 8.69. The average molecular weight is 334 g/mol. The van der Waals surface area contributed by atoms with E-state index in [1.807, 2.05) is 0 Å². The van der Waals surface area contributed by atoms with Crippen LogP contribution in [0.1, 0.15) is 57.6 Å². The van der Waals surface area contributed by atoms with Gasteiger partial charge in [0.25, 0.3) is 0 Å². The van der Waals surface area contributed by atoms with Crippen LogP contribution in [-0.4, -0.2) is 25.2 Å². The molecule has 1 rings (SSSR count). The molecular formula is C20H30O4. The molecule has 4 heteroatoms. The van der Waals surface area contributed by atoms with Gasteiger partial charge in [0, 0.05) is 0 Å². The molecule has 0 radical (unpaired) electrons. The van der Waals surface area contributed by atoms with Crippen LogP contribution in [0, 0.1) is 5.92 Å². The van der Waals surface area contributed by atoms with Crippen LogP contribution in [0.4, 0.5) is 0 Å². The highest BCUT2D eigenvalue weighted by Crippen LogP contribution is 2.16. The molecule has 0 amide bonds. The van der Waals surface area contributed by atoms with E-state index < -0.39 is 17.9 Å². The minimum atomic E-state index is -0.795. The van der Waals surface area contributed by atoms with Crippen molar-refractivity contribution in [3.8, 4) is 0 Å². The molecular weight excluding hydrogens is 304 g/mol. The van der Waals surface area contributed by atoms with Crippen LogP contribution < -0.4 is 0 Å². The number of carbonyl (C=O) groups excluding carboxylic acids is 2. The van der Waals surface area contributed by atoms with Crippen LogP contribution in [0.25, 0.3) is 0 Å². The molecule has 0 aromatic heterocycles. The Balaban J connectivity index is 2.43. The first kappa shape index (κ1) is 20.2. The summed E-state index contributed by atoms with van der Waals surface area (Å²) in [4.78, 5) is 23.8. The Labute approximate surface area is 145 Å². The van der Waals surface area contributed by atoms with Crippen molar-refractivity contribution in [2.75, 3.05) is 13.2 Å². The Morgan fingerprint density at radius 1 is 0.833 bits per heavy atom. The Bertz CT molecular complexity index is 475. The second-order valence-corrected chi connectivity index (χ2v) is 5.87. The molecule has 24 heavy (non-hydrogen) atoms. The predicted molar refractivity (Wildman–Crippen MR) is 94.7 cm³/mol. The van der Waals surface area contributed by atoms with Crippen LogP contribution >= 0.6 is 0 Å². The van der Waals surface area contributed by atoms with Crippen LogP contribution in [0.3, 0.4) is 0 Å². The molecule has 0 fully saturated rings. The second kappa shape index (κ2) is 11.7. The zero-order chi connectivity index (χ0) is 17.8. The lowest BCUT2D eigenvalue weighted by Crippen LogP contribution is -2.28. The van der Waals surface area contributed by atoms with Gasteiger partial charge >= 0.3 is 11.9 Å². The summed E-state index contributed by atoms with van der Waals surface area (Å²) in [5.74, 6) is -1.74. The number of carbonyl (C=O) groups is 2.